The van der Waals surface area contributed by atoms with Crippen molar-refractivity contribution in [2.24, 2.45) is 5.73 Å². The highest BCUT2D eigenvalue weighted by molar-refractivity contribution is 8.01. The molecule has 0 atom stereocenters. The first-order valence-corrected chi connectivity index (χ1v) is 7.94. The molecule has 2 N–H and O–H groups in total. The van der Waals surface area contributed by atoms with Gasteiger partial charge in [-0.3, -0.25) is 0 Å². The number of aryl methyl sites for hydroxylation is 1. The van der Waals surface area contributed by atoms with Crippen LogP contribution in [0.4, 0.5) is 0 Å². The van der Waals surface area contributed by atoms with E-state index in [1.165, 1.54) is 15.4 Å². The molecule has 2 aromatic rings. The maximum absolute atomic E-state index is 5.83. The second-order valence-corrected chi connectivity index (χ2v) is 6.65. The molecular weight excluding hydrogens is 270 g/mol. The highest BCUT2D eigenvalue weighted by atomic mass is 32.2. The number of benzene rings is 1. The van der Waals surface area contributed by atoms with Gasteiger partial charge in [0.2, 0.25) is 0 Å². The molecule has 0 spiro atoms. The minimum Gasteiger partial charge on any atom is -0.326 e. The average molecular weight is 283 g/mol. The summed E-state index contributed by atoms with van der Waals surface area (Å²) in [7, 11) is 0. The molecule has 90 valence electrons. The number of hydrogen-bond acceptors (Lipinski definition) is 6. The molecule has 0 aliphatic carbocycles. The molecule has 0 aliphatic rings. The van der Waals surface area contributed by atoms with Crippen molar-refractivity contribution in [2.75, 3.05) is 6.26 Å². The largest absolute Gasteiger partial charge is 0.326 e. The van der Waals surface area contributed by atoms with Crippen molar-refractivity contribution >= 4 is 34.9 Å². The third-order valence-corrected chi connectivity index (χ3v) is 5.03. The summed E-state index contributed by atoms with van der Waals surface area (Å²) in [6, 6.07) is 6.24. The Morgan fingerprint density at radius 3 is 2.65 bits per heavy atom. The summed E-state index contributed by atoms with van der Waals surface area (Å²) in [6.07, 6.45) is 2.07. The van der Waals surface area contributed by atoms with E-state index in [1.54, 1.807) is 34.9 Å². The normalized spacial score (nSPS) is 10.8. The van der Waals surface area contributed by atoms with Gasteiger partial charge in [-0.05, 0) is 30.9 Å². The van der Waals surface area contributed by atoms with E-state index in [0.29, 0.717) is 6.54 Å². The van der Waals surface area contributed by atoms with Gasteiger partial charge >= 0.3 is 0 Å². The molecule has 0 saturated heterocycles. The smallest absolute Gasteiger partial charge is 0.179 e. The molecule has 3 nitrogen and oxygen atoms in total. The van der Waals surface area contributed by atoms with E-state index in [-0.39, 0.29) is 0 Å². The van der Waals surface area contributed by atoms with Crippen molar-refractivity contribution in [1.82, 2.24) is 10.2 Å². The second-order valence-electron chi connectivity index (χ2n) is 3.33. The molecule has 0 unspecified atom stereocenters. The van der Waals surface area contributed by atoms with E-state index in [2.05, 4.69) is 34.7 Å². The SMILES string of the molecule is CSc1cccc(Sc2nnc(C)s2)c1CN. The van der Waals surface area contributed by atoms with Gasteiger partial charge in [-0.1, -0.05) is 29.2 Å². The first kappa shape index (κ1) is 12.9. The van der Waals surface area contributed by atoms with E-state index in [1.807, 2.05) is 6.92 Å². The van der Waals surface area contributed by atoms with E-state index in [9.17, 15) is 0 Å². The molecular formula is C11H13N3S3. The Kier molecular flexibility index (Phi) is 4.44. The molecule has 1 aromatic carbocycles. The van der Waals surface area contributed by atoms with Crippen LogP contribution in [0, 0.1) is 6.92 Å². The molecule has 0 aliphatic heterocycles. The lowest BCUT2D eigenvalue weighted by Crippen LogP contribution is -2.00. The highest BCUT2D eigenvalue weighted by Gasteiger charge is 2.10. The predicted octanol–water partition coefficient (Wildman–Crippen LogP) is 3.18. The third-order valence-electron chi connectivity index (χ3n) is 2.22. The van der Waals surface area contributed by atoms with Crippen molar-refractivity contribution in [1.29, 1.82) is 0 Å². The van der Waals surface area contributed by atoms with E-state index >= 15 is 0 Å². The molecule has 0 bridgehead atoms. The van der Waals surface area contributed by atoms with Gasteiger partial charge in [0.25, 0.3) is 0 Å². The monoisotopic (exact) mass is 283 g/mol. The Bertz CT molecular complexity index is 510. The molecule has 0 saturated carbocycles. The van der Waals surface area contributed by atoms with Gasteiger partial charge in [0.05, 0.1) is 0 Å². The Morgan fingerprint density at radius 1 is 1.29 bits per heavy atom. The highest BCUT2D eigenvalue weighted by Crippen LogP contribution is 2.35. The lowest BCUT2D eigenvalue weighted by Gasteiger charge is -2.09. The fourth-order valence-corrected chi connectivity index (χ4v) is 4.11. The standard InChI is InChI=1S/C11H13N3S3/c1-7-13-14-11(16-7)17-10-5-3-4-9(15-2)8(10)6-12/h3-5H,6,12H2,1-2H3. The van der Waals surface area contributed by atoms with Crippen LogP contribution in [0.1, 0.15) is 10.6 Å². The molecule has 1 heterocycles. The van der Waals surface area contributed by atoms with Gasteiger partial charge in [0.15, 0.2) is 4.34 Å². The summed E-state index contributed by atoms with van der Waals surface area (Å²) in [5, 5.41) is 9.14. The summed E-state index contributed by atoms with van der Waals surface area (Å²) in [5.74, 6) is 0. The van der Waals surface area contributed by atoms with Gasteiger partial charge < -0.3 is 5.73 Å². The molecule has 0 radical (unpaired) electrons. The van der Waals surface area contributed by atoms with E-state index < -0.39 is 0 Å². The molecule has 0 fully saturated rings. The van der Waals surface area contributed by atoms with E-state index in [4.69, 9.17) is 5.73 Å². The van der Waals surface area contributed by atoms with Crippen molar-refractivity contribution in [3.05, 3.63) is 28.8 Å². The Balaban J connectivity index is 2.32. The third kappa shape index (κ3) is 3.01. The zero-order valence-electron chi connectivity index (χ0n) is 9.64. The minimum atomic E-state index is 0.553. The van der Waals surface area contributed by atoms with Crippen molar-refractivity contribution < 1.29 is 0 Å². The van der Waals surface area contributed by atoms with Gasteiger partial charge in [-0.15, -0.1) is 22.0 Å². The quantitative estimate of drug-likeness (QED) is 0.873. The number of hydrogen-bond donors (Lipinski definition) is 1. The topological polar surface area (TPSA) is 51.8 Å². The van der Waals surface area contributed by atoms with Crippen LogP contribution in [0.25, 0.3) is 0 Å². The summed E-state index contributed by atoms with van der Waals surface area (Å²) in [5.41, 5.74) is 7.02. The second kappa shape index (κ2) is 5.86. The molecule has 1 aromatic heterocycles. The van der Waals surface area contributed by atoms with Gasteiger partial charge in [-0.25, -0.2) is 0 Å². The van der Waals surface area contributed by atoms with Crippen LogP contribution in [0.15, 0.2) is 32.3 Å². The summed E-state index contributed by atoms with van der Waals surface area (Å²) in [4.78, 5) is 2.41. The molecule has 6 heteroatoms. The van der Waals surface area contributed by atoms with Crippen LogP contribution < -0.4 is 5.73 Å². The van der Waals surface area contributed by atoms with Crippen LogP contribution in [0.2, 0.25) is 0 Å². The summed E-state index contributed by atoms with van der Waals surface area (Å²) < 4.78 is 0.968. The zero-order chi connectivity index (χ0) is 12.3. The zero-order valence-corrected chi connectivity index (χ0v) is 12.1. The number of thioether (sulfide) groups is 1. The predicted molar refractivity (Wildman–Crippen MR) is 74.9 cm³/mol. The first-order chi connectivity index (χ1) is 8.24. The number of rotatable bonds is 4. The molecule has 2 rings (SSSR count). The fraction of sp³-hybridized carbons (Fsp3) is 0.273. The lowest BCUT2D eigenvalue weighted by atomic mass is 10.2. The van der Waals surface area contributed by atoms with Crippen LogP contribution in [0.5, 0.6) is 0 Å². The lowest BCUT2D eigenvalue weighted by molar-refractivity contribution is 0.967. The maximum Gasteiger partial charge on any atom is 0.179 e. The van der Waals surface area contributed by atoms with Gasteiger partial charge in [0, 0.05) is 16.3 Å². The Hall–Kier alpha value is -0.560. The molecule has 0 amide bonds. The van der Waals surface area contributed by atoms with Crippen molar-refractivity contribution in [2.45, 2.75) is 27.6 Å². The van der Waals surface area contributed by atoms with Crippen LogP contribution in [-0.4, -0.2) is 16.5 Å². The summed E-state index contributed by atoms with van der Waals surface area (Å²) in [6.45, 7) is 2.51. The average Bonchev–Trinajstić information content (AvgIpc) is 2.74. The summed E-state index contributed by atoms with van der Waals surface area (Å²) >= 11 is 4.97. The Labute approximate surface area is 113 Å². The maximum atomic E-state index is 5.83. The van der Waals surface area contributed by atoms with Crippen LogP contribution in [0.3, 0.4) is 0 Å². The number of aromatic nitrogens is 2. The minimum absolute atomic E-state index is 0.553. The first-order valence-electron chi connectivity index (χ1n) is 5.08. The number of nitrogens with two attached hydrogens (primary N) is 1. The fourth-order valence-electron chi connectivity index (χ4n) is 1.45. The van der Waals surface area contributed by atoms with Gasteiger partial charge in [-0.2, -0.15) is 0 Å². The Morgan fingerprint density at radius 2 is 2.06 bits per heavy atom. The van der Waals surface area contributed by atoms with E-state index in [0.717, 1.165) is 9.35 Å². The number of nitrogens with zero attached hydrogens (tertiary/aromatic N) is 2. The van der Waals surface area contributed by atoms with Crippen molar-refractivity contribution in [3.8, 4) is 0 Å². The molecule has 17 heavy (non-hydrogen) atoms. The van der Waals surface area contributed by atoms with Crippen LogP contribution in [-0.2, 0) is 6.54 Å². The van der Waals surface area contributed by atoms with Crippen molar-refractivity contribution in [3.63, 3.8) is 0 Å². The van der Waals surface area contributed by atoms with Crippen LogP contribution >= 0.6 is 34.9 Å². The van der Waals surface area contributed by atoms with Gasteiger partial charge in [0.1, 0.15) is 5.01 Å².